The number of ether oxygens (including phenoxy) is 1. The molecule has 2 aliphatic rings. The first-order valence-electron chi connectivity index (χ1n) is 12.3. The van der Waals surface area contributed by atoms with Gasteiger partial charge in [0.05, 0.1) is 18.0 Å². The molecule has 1 aliphatic carbocycles. The van der Waals surface area contributed by atoms with Gasteiger partial charge in [-0.05, 0) is 56.2 Å². The van der Waals surface area contributed by atoms with Crippen LogP contribution in [0.1, 0.15) is 44.1 Å². The van der Waals surface area contributed by atoms with Gasteiger partial charge in [-0.3, -0.25) is 9.52 Å². The predicted molar refractivity (Wildman–Crippen MR) is 139 cm³/mol. The van der Waals surface area contributed by atoms with Crippen molar-refractivity contribution in [2.75, 3.05) is 18.0 Å². The van der Waals surface area contributed by atoms with Crippen molar-refractivity contribution in [2.45, 2.75) is 56.4 Å². The Labute approximate surface area is 205 Å². The van der Waals surface area contributed by atoms with Gasteiger partial charge in [-0.2, -0.15) is 9.78 Å². The van der Waals surface area contributed by atoms with Crippen LogP contribution in [0.4, 0.5) is 5.69 Å². The summed E-state index contributed by atoms with van der Waals surface area (Å²) < 4.78 is 11.4. The number of hydrogen-bond acceptors (Lipinski definition) is 6. The molecular weight excluding hydrogens is 444 g/mol. The Balaban J connectivity index is 1.28. The van der Waals surface area contributed by atoms with E-state index < -0.39 is 0 Å². The lowest BCUT2D eigenvalue weighted by Crippen LogP contribution is -2.38. The van der Waals surface area contributed by atoms with E-state index in [1.807, 2.05) is 54.5 Å². The van der Waals surface area contributed by atoms with Gasteiger partial charge in [0.1, 0.15) is 5.69 Å². The van der Waals surface area contributed by atoms with Gasteiger partial charge >= 0.3 is 5.56 Å². The Morgan fingerprint density at radius 3 is 2.32 bits per heavy atom. The number of rotatable bonds is 8. The van der Waals surface area contributed by atoms with Crippen LogP contribution in [-0.2, 0) is 6.54 Å². The van der Waals surface area contributed by atoms with Crippen LogP contribution in [0.5, 0.6) is 5.75 Å². The molecule has 1 aliphatic heterocycles. The maximum absolute atomic E-state index is 13.5. The fraction of sp³-hybridized carbons (Fsp3) is 0.407. The van der Waals surface area contributed by atoms with Crippen LogP contribution in [0.15, 0.2) is 71.7 Å². The highest BCUT2D eigenvalue weighted by atomic mass is 32.2. The third-order valence-electron chi connectivity index (χ3n) is 6.65. The Kier molecular flexibility index (Phi) is 7.51. The van der Waals surface area contributed by atoms with E-state index in [0.29, 0.717) is 11.0 Å². The van der Waals surface area contributed by atoms with Crippen LogP contribution in [0, 0.1) is 0 Å². The number of hydrogen-bond donors (Lipinski definition) is 1. The van der Waals surface area contributed by atoms with Crippen molar-refractivity contribution >= 4 is 17.6 Å². The minimum Gasteiger partial charge on any atom is -0.483 e. The van der Waals surface area contributed by atoms with E-state index >= 15 is 0 Å². The summed E-state index contributed by atoms with van der Waals surface area (Å²) in [4.78, 5) is 15.8. The molecule has 0 bridgehead atoms. The average molecular weight is 477 g/mol. The topological polar surface area (TPSA) is 59.4 Å². The van der Waals surface area contributed by atoms with Crippen molar-refractivity contribution in [1.82, 2.24) is 14.5 Å². The van der Waals surface area contributed by atoms with Crippen molar-refractivity contribution in [3.8, 4) is 11.4 Å². The second-order valence-electron chi connectivity index (χ2n) is 9.05. The van der Waals surface area contributed by atoms with E-state index in [0.717, 1.165) is 69.5 Å². The molecule has 5 rings (SSSR count). The Bertz CT molecular complexity index is 1110. The van der Waals surface area contributed by atoms with Gasteiger partial charge in [-0.1, -0.05) is 60.5 Å². The monoisotopic (exact) mass is 476 g/mol. The highest BCUT2D eigenvalue weighted by Gasteiger charge is 2.27. The van der Waals surface area contributed by atoms with Crippen LogP contribution in [0.3, 0.4) is 0 Å². The number of benzene rings is 2. The number of nitrogens with zero attached hydrogens (tertiary/aromatic N) is 3. The first-order chi connectivity index (χ1) is 16.8. The van der Waals surface area contributed by atoms with Crippen molar-refractivity contribution < 1.29 is 4.74 Å². The second kappa shape index (κ2) is 11.1. The summed E-state index contributed by atoms with van der Waals surface area (Å²) in [6.45, 7) is 2.65. The number of aromatic nitrogens is 2. The highest BCUT2D eigenvalue weighted by Crippen LogP contribution is 2.32. The Morgan fingerprint density at radius 1 is 0.941 bits per heavy atom. The van der Waals surface area contributed by atoms with Crippen LogP contribution in [0.25, 0.3) is 5.69 Å². The molecule has 7 heteroatoms. The first-order valence-corrected chi connectivity index (χ1v) is 13.2. The molecule has 6 nitrogen and oxygen atoms in total. The summed E-state index contributed by atoms with van der Waals surface area (Å²) in [7, 11) is 0. The lowest BCUT2D eigenvalue weighted by Gasteiger charge is -2.34. The lowest BCUT2D eigenvalue weighted by atomic mass is 10.1. The predicted octanol–water partition coefficient (Wildman–Crippen LogP) is 4.96. The van der Waals surface area contributed by atoms with Gasteiger partial charge in [0, 0.05) is 24.9 Å². The molecule has 0 spiro atoms. The number of anilines is 1. The van der Waals surface area contributed by atoms with Crippen LogP contribution >= 0.6 is 11.9 Å². The molecule has 178 valence electrons. The first kappa shape index (κ1) is 23.0. The van der Waals surface area contributed by atoms with E-state index in [-0.39, 0.29) is 11.7 Å². The minimum absolute atomic E-state index is 0.119. The summed E-state index contributed by atoms with van der Waals surface area (Å²) in [6, 6.07) is 20.1. The molecule has 2 aromatic carbocycles. The minimum atomic E-state index is -0.170. The zero-order valence-corrected chi connectivity index (χ0v) is 20.3. The van der Waals surface area contributed by atoms with E-state index in [1.54, 1.807) is 0 Å². The van der Waals surface area contributed by atoms with Gasteiger partial charge in [-0.15, -0.1) is 0 Å². The summed E-state index contributed by atoms with van der Waals surface area (Å²) in [6.07, 6.45) is 8.39. The summed E-state index contributed by atoms with van der Waals surface area (Å²) in [5.41, 5.74) is 2.72. The van der Waals surface area contributed by atoms with E-state index in [9.17, 15) is 4.79 Å². The molecule has 0 radical (unpaired) electrons. The van der Waals surface area contributed by atoms with Crippen molar-refractivity contribution in [2.24, 2.45) is 0 Å². The van der Waals surface area contributed by atoms with Crippen molar-refractivity contribution in [3.05, 3.63) is 82.8 Å². The standard InChI is InChI=1S/C27H32N4O2S/c32-27-26(33-23-13-7-8-14-23)25(20-28-31(27)22-11-5-2-6-12-22)30-17-15-24(16-18-30)34-29-19-21-9-3-1-4-10-21/h1-6,9-12,20,23-24,29H,7-8,13-19H2. The number of para-hydroxylation sites is 1. The summed E-state index contributed by atoms with van der Waals surface area (Å²) in [5, 5.41) is 5.08. The maximum Gasteiger partial charge on any atom is 0.316 e. The lowest BCUT2D eigenvalue weighted by molar-refractivity contribution is 0.206. The molecule has 1 N–H and O–H groups in total. The molecule has 34 heavy (non-hydrogen) atoms. The molecule has 1 aromatic heterocycles. The average Bonchev–Trinajstić information content (AvgIpc) is 3.40. The molecule has 3 aromatic rings. The fourth-order valence-corrected chi connectivity index (χ4v) is 5.68. The van der Waals surface area contributed by atoms with Gasteiger partial charge in [0.25, 0.3) is 0 Å². The van der Waals surface area contributed by atoms with E-state index in [2.05, 4.69) is 39.0 Å². The summed E-state index contributed by atoms with van der Waals surface area (Å²) in [5.74, 6) is 0.457. The molecule has 1 saturated carbocycles. The molecule has 1 saturated heterocycles. The van der Waals surface area contributed by atoms with Gasteiger partial charge < -0.3 is 9.64 Å². The van der Waals surface area contributed by atoms with Crippen LogP contribution < -0.4 is 19.9 Å². The Hall–Kier alpha value is -2.77. The van der Waals surface area contributed by atoms with E-state index in [1.165, 1.54) is 10.2 Å². The van der Waals surface area contributed by atoms with Crippen molar-refractivity contribution in [1.29, 1.82) is 0 Å². The van der Waals surface area contributed by atoms with Crippen LogP contribution in [0.2, 0.25) is 0 Å². The highest BCUT2D eigenvalue weighted by molar-refractivity contribution is 7.98. The van der Waals surface area contributed by atoms with Gasteiger partial charge in [0.2, 0.25) is 5.75 Å². The third kappa shape index (κ3) is 5.47. The van der Waals surface area contributed by atoms with Gasteiger partial charge in [-0.25, -0.2) is 0 Å². The fourth-order valence-electron chi connectivity index (χ4n) is 4.74. The second-order valence-corrected chi connectivity index (χ2v) is 10.2. The largest absolute Gasteiger partial charge is 0.483 e. The molecule has 0 amide bonds. The van der Waals surface area contributed by atoms with Crippen LogP contribution in [-0.4, -0.2) is 34.2 Å². The quantitative estimate of drug-likeness (QED) is 0.464. The zero-order valence-electron chi connectivity index (χ0n) is 19.4. The molecule has 0 unspecified atom stereocenters. The number of nitrogens with one attached hydrogen (secondary N) is 1. The van der Waals surface area contributed by atoms with E-state index in [4.69, 9.17) is 4.74 Å². The number of piperidine rings is 1. The maximum atomic E-state index is 13.5. The summed E-state index contributed by atoms with van der Waals surface area (Å²) >= 11 is 1.83. The zero-order chi connectivity index (χ0) is 23.2. The molecular formula is C27H32N4O2S. The molecule has 0 atom stereocenters. The SMILES string of the molecule is O=c1c(OC2CCCC2)c(N2CCC(SNCc3ccccc3)CC2)cnn1-c1ccccc1. The smallest absolute Gasteiger partial charge is 0.316 e. The molecule has 2 fully saturated rings. The Morgan fingerprint density at radius 2 is 1.62 bits per heavy atom. The van der Waals surface area contributed by atoms with Gasteiger partial charge in [0.15, 0.2) is 0 Å². The molecule has 2 heterocycles. The normalized spacial score (nSPS) is 17.2. The third-order valence-corrected chi connectivity index (χ3v) is 7.77. The van der Waals surface area contributed by atoms with Crippen molar-refractivity contribution in [3.63, 3.8) is 0 Å².